The second-order valence-electron chi connectivity index (χ2n) is 14.7. The van der Waals surface area contributed by atoms with E-state index in [1.54, 1.807) is 54.6 Å². The van der Waals surface area contributed by atoms with Crippen molar-refractivity contribution >= 4 is 58.8 Å². The summed E-state index contributed by atoms with van der Waals surface area (Å²) in [7, 11) is 0. The number of hydrogen-bond donors (Lipinski definition) is 9. The van der Waals surface area contributed by atoms with Gasteiger partial charge in [-0.05, 0) is 105 Å². The highest BCUT2D eigenvalue weighted by molar-refractivity contribution is 6.04. The molecule has 1 fully saturated rings. The average molecular weight is 954 g/mol. The van der Waals surface area contributed by atoms with E-state index in [-0.39, 0.29) is 48.1 Å². The maximum absolute atomic E-state index is 13.5. The van der Waals surface area contributed by atoms with Crippen LogP contribution in [0.2, 0.25) is 0 Å². The molecular weight excluding hydrogens is 905 g/mol. The summed E-state index contributed by atoms with van der Waals surface area (Å²) < 4.78 is 69.0. The van der Waals surface area contributed by atoms with E-state index in [9.17, 15) is 50.3 Å². The van der Waals surface area contributed by atoms with Gasteiger partial charge < -0.3 is 58.3 Å². The second-order valence-corrected chi connectivity index (χ2v) is 14.7. The lowest BCUT2D eigenvalue weighted by molar-refractivity contribution is -0.193. The van der Waals surface area contributed by atoms with E-state index in [2.05, 4.69) is 26.3 Å². The van der Waals surface area contributed by atoms with Crippen LogP contribution in [0.5, 0.6) is 5.75 Å². The number of ether oxygens (including phenoxy) is 1. The summed E-state index contributed by atoms with van der Waals surface area (Å²) in [6.07, 6.45) is -4.89. The van der Waals surface area contributed by atoms with Crippen molar-refractivity contribution in [2.75, 3.05) is 36.9 Å². The van der Waals surface area contributed by atoms with Gasteiger partial charge in [-0.15, -0.1) is 0 Å². The minimum Gasteiger partial charge on any atom is -0.482 e. The highest BCUT2D eigenvalue weighted by Crippen LogP contribution is 2.33. The lowest BCUT2D eigenvalue weighted by atomic mass is 10.1. The summed E-state index contributed by atoms with van der Waals surface area (Å²) in [4.78, 5) is 86.2. The van der Waals surface area contributed by atoms with Crippen LogP contribution >= 0.6 is 0 Å². The molecule has 12 N–H and O–H groups in total. The number of aliphatic imine (C=N–C) groups is 1. The molecule has 0 saturated heterocycles. The molecule has 1 saturated carbocycles. The lowest BCUT2D eigenvalue weighted by Crippen LogP contribution is -2.41. The first-order valence-electron chi connectivity index (χ1n) is 20.3. The fourth-order valence-corrected chi connectivity index (χ4v) is 5.72. The van der Waals surface area contributed by atoms with Crippen molar-refractivity contribution in [3.63, 3.8) is 0 Å². The van der Waals surface area contributed by atoms with E-state index >= 15 is 0 Å². The van der Waals surface area contributed by atoms with E-state index in [1.807, 2.05) is 17.0 Å². The van der Waals surface area contributed by atoms with Crippen LogP contribution in [-0.4, -0.2) is 113 Å². The largest absolute Gasteiger partial charge is 0.490 e. The molecule has 67 heavy (non-hydrogen) atoms. The summed E-state index contributed by atoms with van der Waals surface area (Å²) in [6, 6.07) is 18.3. The van der Waals surface area contributed by atoms with Crippen LogP contribution in [0.4, 0.5) is 37.7 Å². The highest BCUT2D eigenvalue weighted by atomic mass is 19.4. The number of benzene rings is 3. The van der Waals surface area contributed by atoms with E-state index in [4.69, 9.17) is 41.7 Å². The Morgan fingerprint density at radius 1 is 0.776 bits per heavy atom. The summed E-state index contributed by atoms with van der Waals surface area (Å²) in [5.41, 5.74) is 19.8. The van der Waals surface area contributed by atoms with Gasteiger partial charge in [0.15, 0.2) is 12.6 Å². The number of carboxylic acid groups (broad SMARTS) is 2. The minimum atomic E-state index is -5.08. The van der Waals surface area contributed by atoms with Crippen molar-refractivity contribution in [3.05, 3.63) is 89.0 Å². The zero-order chi connectivity index (χ0) is 49.9. The number of hydrogen-bond acceptors (Lipinski definition) is 10. The third-order valence-corrected chi connectivity index (χ3v) is 9.31. The van der Waals surface area contributed by atoms with Gasteiger partial charge in [-0.25, -0.2) is 9.59 Å². The molecule has 0 aromatic heterocycles. The lowest BCUT2D eigenvalue weighted by Gasteiger charge is -2.24. The monoisotopic (exact) mass is 953 g/mol. The number of rotatable bonds is 18. The van der Waals surface area contributed by atoms with E-state index in [0.717, 1.165) is 37.7 Å². The Kier molecular flexibility index (Phi) is 20.4. The fraction of sp³-hybridized carbons (Fsp3) is 0.381. The molecule has 1 aliphatic carbocycles. The molecule has 1 aliphatic heterocycles. The first kappa shape index (κ1) is 53.9. The fourth-order valence-electron chi connectivity index (χ4n) is 5.72. The molecule has 25 heteroatoms. The van der Waals surface area contributed by atoms with E-state index in [0.29, 0.717) is 72.8 Å². The van der Waals surface area contributed by atoms with Gasteiger partial charge in [0, 0.05) is 54.6 Å². The molecule has 5 rings (SSSR count). The van der Waals surface area contributed by atoms with Gasteiger partial charge in [0.05, 0.1) is 11.7 Å². The number of amides is 5. The number of alkyl halides is 6. The molecule has 5 amide bonds. The van der Waals surface area contributed by atoms with Crippen molar-refractivity contribution in [1.29, 1.82) is 0 Å². The van der Waals surface area contributed by atoms with E-state index in [1.165, 1.54) is 0 Å². The van der Waals surface area contributed by atoms with Crippen molar-refractivity contribution in [2.24, 2.45) is 22.2 Å². The molecule has 0 bridgehead atoms. The molecule has 3 aromatic rings. The first-order chi connectivity index (χ1) is 31.5. The number of fused-ring (bicyclic) bond motifs is 1. The molecular formula is C42H49F6N9O10. The zero-order valence-corrected chi connectivity index (χ0v) is 35.5. The number of nitrogens with two attached hydrogens (primary N) is 3. The Morgan fingerprint density at radius 3 is 1.87 bits per heavy atom. The van der Waals surface area contributed by atoms with Gasteiger partial charge in [-0.3, -0.25) is 29.0 Å². The van der Waals surface area contributed by atoms with Crippen molar-refractivity contribution in [3.8, 4) is 5.75 Å². The quantitative estimate of drug-likeness (QED) is 0.0381. The highest BCUT2D eigenvalue weighted by Gasteiger charge is 2.39. The Hall–Kier alpha value is -7.44. The maximum atomic E-state index is 13.5. The van der Waals surface area contributed by atoms with Crippen molar-refractivity contribution in [1.82, 2.24) is 15.5 Å². The minimum absolute atomic E-state index is 0.0163. The molecule has 0 unspecified atom stereocenters. The van der Waals surface area contributed by atoms with Gasteiger partial charge in [0.1, 0.15) is 5.75 Å². The standard InChI is InChI=1S/C38H47N9O6.2C2HF3O2/c39-30(5-4-20-44-38(40)41)36(51)43-19-3-1-2-18-42-34(49)25-10-13-28(14-11-25)45-35(50)26-8-6-24(7-9-26)22-47(29-15-16-29)37(52)27-12-17-31-32(21-27)53-23-33(48)46-31;2*3-2(4,5)1(6)7/h6-14,17,21,29-30H,1-5,15-16,18-20,22-23,39H2,(H,42,49)(H,43,51)(H,45,50)(H,46,48)(H4,40,41,44);2*(H,6,7)/t30-;;/m0../s1. The molecule has 1 atom stereocenters. The number of carbonyl (C=O) groups is 7. The Morgan fingerprint density at radius 2 is 1.31 bits per heavy atom. The van der Waals surface area contributed by atoms with E-state index < -0.39 is 30.3 Å². The molecule has 0 spiro atoms. The van der Waals surface area contributed by atoms with Gasteiger partial charge in [0.25, 0.3) is 23.6 Å². The third kappa shape index (κ3) is 19.3. The van der Waals surface area contributed by atoms with Crippen LogP contribution < -0.4 is 43.2 Å². The van der Waals surface area contributed by atoms with Crippen LogP contribution in [0.15, 0.2) is 71.7 Å². The molecule has 2 aliphatic rings. The number of carboxylic acids is 2. The van der Waals surface area contributed by atoms with Gasteiger partial charge in [-0.1, -0.05) is 12.1 Å². The van der Waals surface area contributed by atoms with Crippen LogP contribution in [0.25, 0.3) is 0 Å². The molecule has 1 heterocycles. The maximum Gasteiger partial charge on any atom is 0.490 e. The first-order valence-corrected chi connectivity index (χ1v) is 20.3. The van der Waals surface area contributed by atoms with Crippen molar-refractivity contribution < 1.29 is 74.9 Å². The number of nitrogens with zero attached hydrogens (tertiary/aromatic N) is 2. The summed E-state index contributed by atoms with van der Waals surface area (Å²) in [5, 5.41) is 25.6. The van der Waals surface area contributed by atoms with Gasteiger partial charge in [0.2, 0.25) is 5.91 Å². The van der Waals surface area contributed by atoms with Crippen LogP contribution in [0.1, 0.15) is 81.6 Å². The number of unbranched alkanes of at least 4 members (excludes halogenated alkanes) is 2. The molecule has 3 aromatic carbocycles. The normalized spacial score (nSPS) is 13.2. The van der Waals surface area contributed by atoms with Crippen LogP contribution in [0.3, 0.4) is 0 Å². The van der Waals surface area contributed by atoms with Crippen LogP contribution in [-0.2, 0) is 25.7 Å². The second kappa shape index (κ2) is 25.3. The zero-order valence-electron chi connectivity index (χ0n) is 35.5. The van der Waals surface area contributed by atoms with Gasteiger partial charge in [-0.2, -0.15) is 26.3 Å². The number of halogens is 6. The molecule has 364 valence electrons. The predicted molar refractivity (Wildman–Crippen MR) is 229 cm³/mol. The average Bonchev–Trinajstić information content (AvgIpc) is 4.12. The predicted octanol–water partition coefficient (Wildman–Crippen LogP) is 3.74. The topological polar surface area (TPSA) is 311 Å². The SMILES string of the molecule is NC(N)=NCCC[C@H](N)C(=O)NCCCCCNC(=O)c1ccc(NC(=O)c2ccc(CN(C(=O)c3ccc4c(c3)OCC(=O)N4)C3CC3)cc2)cc1.O=C(O)C(F)(F)F.O=C(O)C(F)(F)F. The number of carbonyl (C=O) groups excluding carboxylic acids is 5. The summed E-state index contributed by atoms with van der Waals surface area (Å²) in [5.74, 6) is -6.11. The Labute approximate surface area is 378 Å². The Balaban J connectivity index is 0.000000737. The number of aliphatic carboxylic acids is 2. The number of guanidine groups is 1. The Bertz CT molecular complexity index is 2210. The van der Waals surface area contributed by atoms with Crippen molar-refractivity contribution in [2.45, 2.75) is 75.9 Å². The molecule has 19 nitrogen and oxygen atoms in total. The number of anilines is 2. The molecule has 0 radical (unpaired) electrons. The third-order valence-electron chi connectivity index (χ3n) is 9.31. The smallest absolute Gasteiger partial charge is 0.482 e. The van der Waals surface area contributed by atoms with Gasteiger partial charge >= 0.3 is 24.3 Å². The number of nitrogens with one attached hydrogen (secondary N) is 4. The summed E-state index contributed by atoms with van der Waals surface area (Å²) in [6.45, 7) is 1.72. The summed E-state index contributed by atoms with van der Waals surface area (Å²) >= 11 is 0. The van der Waals surface area contributed by atoms with Crippen LogP contribution in [0, 0.1) is 0 Å².